The second kappa shape index (κ2) is 4.18. The van der Waals surface area contributed by atoms with Crippen LogP contribution in [0.3, 0.4) is 0 Å². The van der Waals surface area contributed by atoms with Gasteiger partial charge in [0.25, 0.3) is 0 Å². The largest absolute Gasteiger partial charge is 0.381 e. The molecular weight excluding hydrogens is 216 g/mol. The normalized spacial score (nSPS) is 18.4. The van der Waals surface area contributed by atoms with Gasteiger partial charge in [-0.1, -0.05) is 30.3 Å². The summed E-state index contributed by atoms with van der Waals surface area (Å²) in [4.78, 5) is 0. The number of hydrogen-bond donors (Lipinski definition) is 2. The van der Waals surface area contributed by atoms with E-state index in [4.69, 9.17) is 0 Å². The molecule has 16 heavy (non-hydrogen) atoms. The van der Waals surface area contributed by atoms with E-state index in [0.29, 0.717) is 6.04 Å². The molecule has 0 saturated carbocycles. The van der Waals surface area contributed by atoms with Crippen LogP contribution in [0.2, 0.25) is 0 Å². The van der Waals surface area contributed by atoms with Crippen molar-refractivity contribution in [1.82, 2.24) is 0 Å². The van der Waals surface area contributed by atoms with E-state index in [1.54, 1.807) is 11.3 Å². The van der Waals surface area contributed by atoms with Crippen LogP contribution in [0.5, 0.6) is 0 Å². The van der Waals surface area contributed by atoms with Gasteiger partial charge in [-0.3, -0.25) is 0 Å². The molecule has 0 radical (unpaired) electrons. The Labute approximate surface area is 99.3 Å². The third kappa shape index (κ3) is 1.91. The Kier molecular flexibility index (Phi) is 2.54. The van der Waals surface area contributed by atoms with Gasteiger partial charge in [0.2, 0.25) is 0 Å². The van der Waals surface area contributed by atoms with Gasteiger partial charge < -0.3 is 10.6 Å². The lowest BCUT2D eigenvalue weighted by Crippen LogP contribution is -2.34. The van der Waals surface area contributed by atoms with Gasteiger partial charge in [-0.25, -0.2) is 0 Å². The summed E-state index contributed by atoms with van der Waals surface area (Å²) < 4.78 is 0. The van der Waals surface area contributed by atoms with Crippen molar-refractivity contribution >= 4 is 22.7 Å². The van der Waals surface area contributed by atoms with Crippen molar-refractivity contribution < 1.29 is 0 Å². The maximum absolute atomic E-state index is 3.57. The highest BCUT2D eigenvalue weighted by Crippen LogP contribution is 2.30. The molecule has 2 heterocycles. The second-order valence-electron chi connectivity index (χ2n) is 4.11. The summed E-state index contributed by atoms with van der Waals surface area (Å²) in [6, 6.07) is 11.1. The molecule has 0 fully saturated rings. The molecule has 3 heteroatoms. The van der Waals surface area contributed by atoms with Crippen molar-refractivity contribution in [2.45, 2.75) is 12.5 Å². The molecule has 2 nitrogen and oxygen atoms in total. The average molecular weight is 230 g/mol. The summed E-state index contributed by atoms with van der Waals surface area (Å²) in [5.74, 6) is 0. The number of rotatable bonds is 2. The van der Waals surface area contributed by atoms with Crippen molar-refractivity contribution in [3.05, 3.63) is 46.7 Å². The van der Waals surface area contributed by atoms with Crippen molar-refractivity contribution in [2.24, 2.45) is 0 Å². The molecule has 2 aromatic rings. The average Bonchev–Trinajstić information content (AvgIpc) is 2.77. The number of hydrogen-bond acceptors (Lipinski definition) is 3. The molecule has 1 atom stereocenters. The predicted molar refractivity (Wildman–Crippen MR) is 70.4 cm³/mol. The number of thiophene rings is 1. The monoisotopic (exact) mass is 230 g/mol. The Morgan fingerprint density at radius 2 is 1.94 bits per heavy atom. The first-order valence-electron chi connectivity index (χ1n) is 5.52. The quantitative estimate of drug-likeness (QED) is 0.828. The van der Waals surface area contributed by atoms with Crippen LogP contribution < -0.4 is 10.6 Å². The Morgan fingerprint density at radius 3 is 2.81 bits per heavy atom. The van der Waals surface area contributed by atoms with Gasteiger partial charge >= 0.3 is 0 Å². The fourth-order valence-electron chi connectivity index (χ4n) is 2.07. The smallest absolute Gasteiger partial charge is 0.0687 e. The second-order valence-corrected chi connectivity index (χ2v) is 4.85. The predicted octanol–water partition coefficient (Wildman–Crippen LogP) is 3.20. The van der Waals surface area contributed by atoms with Gasteiger partial charge in [-0.05, 0) is 12.0 Å². The zero-order chi connectivity index (χ0) is 10.8. The minimum Gasteiger partial charge on any atom is -0.381 e. The van der Waals surface area contributed by atoms with Crippen LogP contribution in [0, 0.1) is 0 Å². The van der Waals surface area contributed by atoms with E-state index in [0.717, 1.165) is 13.0 Å². The highest BCUT2D eigenvalue weighted by atomic mass is 32.1. The van der Waals surface area contributed by atoms with Crippen LogP contribution in [0.25, 0.3) is 0 Å². The molecule has 3 rings (SSSR count). The van der Waals surface area contributed by atoms with E-state index >= 15 is 0 Å². The van der Waals surface area contributed by atoms with Gasteiger partial charge in [-0.2, -0.15) is 0 Å². The number of anilines is 2. The summed E-state index contributed by atoms with van der Waals surface area (Å²) in [5, 5.41) is 11.4. The van der Waals surface area contributed by atoms with Crippen LogP contribution in [-0.2, 0) is 6.42 Å². The SMILES string of the molecule is c1ccc(CC2CNc3cscc3N2)cc1. The third-order valence-corrected chi connectivity index (χ3v) is 3.63. The Hall–Kier alpha value is -1.48. The highest BCUT2D eigenvalue weighted by molar-refractivity contribution is 7.09. The lowest BCUT2D eigenvalue weighted by Gasteiger charge is -2.26. The first-order chi connectivity index (χ1) is 7.92. The molecule has 82 valence electrons. The first kappa shape index (κ1) is 9.73. The summed E-state index contributed by atoms with van der Waals surface area (Å²) in [6.07, 6.45) is 1.07. The highest BCUT2D eigenvalue weighted by Gasteiger charge is 2.17. The molecule has 0 aliphatic carbocycles. The van der Waals surface area contributed by atoms with Gasteiger partial charge in [0, 0.05) is 23.3 Å². The van der Waals surface area contributed by atoms with Gasteiger partial charge in [-0.15, -0.1) is 11.3 Å². The molecule has 1 aromatic heterocycles. The third-order valence-electron chi connectivity index (χ3n) is 2.89. The molecule has 0 spiro atoms. The van der Waals surface area contributed by atoms with Crippen molar-refractivity contribution in [2.75, 3.05) is 17.2 Å². The number of fused-ring (bicyclic) bond motifs is 1. The van der Waals surface area contributed by atoms with Crippen molar-refractivity contribution in [3.8, 4) is 0 Å². The van der Waals surface area contributed by atoms with Gasteiger partial charge in [0.05, 0.1) is 11.4 Å². The minimum atomic E-state index is 0.490. The molecular formula is C13H14N2S. The number of nitrogens with one attached hydrogen (secondary N) is 2. The van der Waals surface area contributed by atoms with E-state index in [9.17, 15) is 0 Å². The van der Waals surface area contributed by atoms with E-state index in [1.165, 1.54) is 16.9 Å². The molecule has 1 unspecified atom stereocenters. The van der Waals surface area contributed by atoms with Gasteiger partial charge in [0.1, 0.15) is 0 Å². The zero-order valence-electron chi connectivity index (χ0n) is 8.94. The Balaban J connectivity index is 1.71. The van der Waals surface area contributed by atoms with E-state index in [-0.39, 0.29) is 0 Å². The Morgan fingerprint density at radius 1 is 1.12 bits per heavy atom. The number of benzene rings is 1. The van der Waals surface area contributed by atoms with Crippen molar-refractivity contribution in [3.63, 3.8) is 0 Å². The van der Waals surface area contributed by atoms with Crippen LogP contribution in [0.1, 0.15) is 5.56 Å². The lowest BCUT2D eigenvalue weighted by molar-refractivity contribution is 0.736. The summed E-state index contributed by atoms with van der Waals surface area (Å²) in [7, 11) is 0. The van der Waals surface area contributed by atoms with Crippen LogP contribution >= 0.6 is 11.3 Å². The summed E-state index contributed by atoms with van der Waals surface area (Å²) in [6.45, 7) is 0.999. The standard InChI is InChI=1S/C13H14N2S/c1-2-4-10(5-3-1)6-11-7-14-12-8-16-9-13(12)15-11/h1-5,8-9,11,14-15H,6-7H2. The summed E-state index contributed by atoms with van der Waals surface area (Å²) in [5.41, 5.74) is 3.88. The van der Waals surface area contributed by atoms with Crippen LogP contribution in [0.15, 0.2) is 41.1 Å². The van der Waals surface area contributed by atoms with Gasteiger partial charge in [0.15, 0.2) is 0 Å². The van der Waals surface area contributed by atoms with Crippen LogP contribution in [-0.4, -0.2) is 12.6 Å². The molecule has 1 aliphatic rings. The molecule has 0 amide bonds. The zero-order valence-corrected chi connectivity index (χ0v) is 9.76. The van der Waals surface area contributed by atoms with E-state index in [2.05, 4.69) is 51.7 Å². The maximum Gasteiger partial charge on any atom is 0.0687 e. The summed E-state index contributed by atoms with van der Waals surface area (Å²) >= 11 is 1.74. The fourth-order valence-corrected chi connectivity index (χ4v) is 2.82. The molecule has 0 saturated heterocycles. The topological polar surface area (TPSA) is 24.1 Å². The Bertz CT molecular complexity index is 464. The molecule has 1 aliphatic heterocycles. The first-order valence-corrected chi connectivity index (χ1v) is 6.46. The molecule has 0 bridgehead atoms. The lowest BCUT2D eigenvalue weighted by atomic mass is 10.0. The molecule has 1 aromatic carbocycles. The molecule has 2 N–H and O–H groups in total. The van der Waals surface area contributed by atoms with E-state index < -0.39 is 0 Å². The van der Waals surface area contributed by atoms with Crippen molar-refractivity contribution in [1.29, 1.82) is 0 Å². The minimum absolute atomic E-state index is 0.490. The maximum atomic E-state index is 3.57. The van der Waals surface area contributed by atoms with Crippen LogP contribution in [0.4, 0.5) is 11.4 Å². The van der Waals surface area contributed by atoms with E-state index in [1.807, 2.05) is 0 Å². The fraction of sp³-hybridized carbons (Fsp3) is 0.231.